The number of hydrogen-bond donors (Lipinski definition) is 3. The first-order chi connectivity index (χ1) is 20.3. The Balaban J connectivity index is 1.59. The summed E-state index contributed by atoms with van der Waals surface area (Å²) in [5.74, 6) is 0. The van der Waals surface area contributed by atoms with E-state index in [1.54, 1.807) is 0 Å². The molecule has 200 valence electrons. The van der Waals surface area contributed by atoms with Gasteiger partial charge < -0.3 is 15.3 Å². The molecule has 7 rings (SSSR count). The molecule has 2 aromatic carbocycles. The van der Waals surface area contributed by atoms with Crippen LogP contribution in [0, 0.1) is 0 Å². The van der Waals surface area contributed by atoms with E-state index >= 15 is 0 Å². The zero-order valence-electron chi connectivity index (χ0n) is 23.0. The van der Waals surface area contributed by atoms with E-state index < -0.39 is 0 Å². The van der Waals surface area contributed by atoms with E-state index in [4.69, 9.17) is 9.97 Å². The highest BCUT2D eigenvalue weighted by Gasteiger charge is 2.17. The van der Waals surface area contributed by atoms with Gasteiger partial charge in [-0.2, -0.15) is 0 Å². The van der Waals surface area contributed by atoms with Crippen LogP contribution in [-0.2, 0) is 0 Å². The summed E-state index contributed by atoms with van der Waals surface area (Å²) in [4.78, 5) is 17.7. The molecular weight excluding hydrogens is 502 g/mol. The Labute approximate surface area is 239 Å². The van der Waals surface area contributed by atoms with E-state index in [1.807, 2.05) is 12.1 Å². The number of hydrogen-bond acceptors (Lipinski definition) is 3. The summed E-state index contributed by atoms with van der Waals surface area (Å²) in [5.41, 5.74) is 13.0. The van der Waals surface area contributed by atoms with Crippen LogP contribution in [0.5, 0.6) is 0 Å². The molecule has 0 unspecified atom stereocenters. The van der Waals surface area contributed by atoms with Crippen LogP contribution in [0.3, 0.4) is 0 Å². The maximum atomic E-state index is 5.19. The molecule has 2 aliphatic rings. The second-order valence-electron chi connectivity index (χ2n) is 10.4. The van der Waals surface area contributed by atoms with Crippen LogP contribution in [0.1, 0.15) is 42.5 Å². The zero-order valence-corrected chi connectivity index (χ0v) is 23.0. The van der Waals surface area contributed by atoms with E-state index in [0.717, 1.165) is 92.2 Å². The highest BCUT2D eigenvalue weighted by atomic mass is 14.9. The fourth-order valence-electron chi connectivity index (χ4n) is 5.53. The van der Waals surface area contributed by atoms with Crippen molar-refractivity contribution >= 4 is 52.1 Å². The van der Waals surface area contributed by atoms with Gasteiger partial charge in [-0.05, 0) is 72.2 Å². The number of benzene rings is 2. The van der Waals surface area contributed by atoms with Gasteiger partial charge in [-0.15, -0.1) is 0 Å². The molecule has 41 heavy (non-hydrogen) atoms. The maximum Gasteiger partial charge on any atom is 0.0891 e. The van der Waals surface area contributed by atoms with Crippen molar-refractivity contribution in [3.63, 3.8) is 0 Å². The highest BCUT2D eigenvalue weighted by molar-refractivity contribution is 5.95. The van der Waals surface area contributed by atoms with Crippen LogP contribution < -0.4 is 5.32 Å². The minimum absolute atomic E-state index is 0.858. The lowest BCUT2D eigenvalue weighted by Crippen LogP contribution is -2.04. The molecule has 5 aromatic rings. The Kier molecular flexibility index (Phi) is 6.53. The average Bonchev–Trinajstić information content (AvgIpc) is 3.83. The SMILES string of the molecule is CCCCNc1c2nc(c(-c3ccccc3)c3ccc(cc4ccc([nH]4)c(-c4ccccc4)c4nc1C=C4)[nH]3)C=C2. The van der Waals surface area contributed by atoms with Gasteiger partial charge in [0.05, 0.1) is 28.5 Å². The first kappa shape index (κ1) is 24.9. The number of anilines is 1. The lowest BCUT2D eigenvalue weighted by molar-refractivity contribution is 0.833. The van der Waals surface area contributed by atoms with Crippen molar-refractivity contribution in [3.8, 4) is 22.3 Å². The third kappa shape index (κ3) is 4.87. The molecule has 0 aliphatic carbocycles. The van der Waals surface area contributed by atoms with E-state index in [1.165, 1.54) is 0 Å². The van der Waals surface area contributed by atoms with Gasteiger partial charge in [-0.25, -0.2) is 9.97 Å². The molecule has 3 N–H and O–H groups in total. The standard InChI is InChI=1S/C36H31N5/c1-2-3-22-37-36-32-20-18-30(40-32)34(24-10-6-4-7-11-24)28-16-14-26(38-28)23-27-15-17-29(39-27)35(25-12-8-5-9-13-25)31-19-21-33(36)41-31/h4-21,23,37-39H,2-3,22H2,1H3. The fraction of sp³-hybridized carbons (Fsp3) is 0.111. The van der Waals surface area contributed by atoms with Gasteiger partial charge in [0.25, 0.3) is 0 Å². The molecule has 0 saturated heterocycles. The van der Waals surface area contributed by atoms with Crippen LogP contribution in [0.15, 0.2) is 91.0 Å². The van der Waals surface area contributed by atoms with Gasteiger partial charge >= 0.3 is 0 Å². The third-order valence-electron chi connectivity index (χ3n) is 7.53. The van der Waals surface area contributed by atoms with E-state index in [0.29, 0.717) is 0 Å². The second kappa shape index (κ2) is 10.8. The average molecular weight is 534 g/mol. The molecular formula is C36H31N5. The van der Waals surface area contributed by atoms with Crippen molar-refractivity contribution < 1.29 is 0 Å². The molecule has 5 heteroatoms. The van der Waals surface area contributed by atoms with Crippen LogP contribution in [0.4, 0.5) is 5.69 Å². The van der Waals surface area contributed by atoms with Crippen LogP contribution in [-0.4, -0.2) is 26.5 Å². The predicted molar refractivity (Wildman–Crippen MR) is 173 cm³/mol. The molecule has 8 bridgehead atoms. The minimum Gasteiger partial charge on any atom is -0.382 e. The number of aromatic nitrogens is 4. The Hall–Kier alpha value is -5.16. The summed E-state index contributed by atoms with van der Waals surface area (Å²) in [6.45, 7) is 3.06. The van der Waals surface area contributed by atoms with Crippen LogP contribution in [0.2, 0.25) is 0 Å². The molecule has 0 fully saturated rings. The third-order valence-corrected chi connectivity index (χ3v) is 7.53. The van der Waals surface area contributed by atoms with Crippen molar-refractivity contribution in [1.29, 1.82) is 0 Å². The second-order valence-corrected chi connectivity index (χ2v) is 10.4. The van der Waals surface area contributed by atoms with Crippen molar-refractivity contribution in [3.05, 3.63) is 114 Å². The largest absolute Gasteiger partial charge is 0.382 e. The van der Waals surface area contributed by atoms with Gasteiger partial charge in [-0.3, -0.25) is 0 Å². The van der Waals surface area contributed by atoms with Gasteiger partial charge in [0.2, 0.25) is 0 Å². The zero-order chi connectivity index (χ0) is 27.6. The molecule has 2 aliphatic heterocycles. The molecule has 0 spiro atoms. The van der Waals surface area contributed by atoms with Crippen molar-refractivity contribution in [2.24, 2.45) is 0 Å². The van der Waals surface area contributed by atoms with Gasteiger partial charge in [0, 0.05) is 39.7 Å². The number of aromatic amines is 2. The topological polar surface area (TPSA) is 69.4 Å². The van der Waals surface area contributed by atoms with Crippen molar-refractivity contribution in [1.82, 2.24) is 19.9 Å². The van der Waals surface area contributed by atoms with Gasteiger partial charge in [-0.1, -0.05) is 74.0 Å². The number of nitrogens with one attached hydrogen (secondary N) is 3. The van der Waals surface area contributed by atoms with E-state index in [-0.39, 0.29) is 0 Å². The Morgan fingerprint density at radius 1 is 0.585 bits per heavy atom. The number of nitrogens with zero attached hydrogens (tertiary/aromatic N) is 2. The summed E-state index contributed by atoms with van der Waals surface area (Å²) >= 11 is 0. The van der Waals surface area contributed by atoms with Gasteiger partial charge in [0.15, 0.2) is 0 Å². The Morgan fingerprint density at radius 3 is 1.56 bits per heavy atom. The molecule has 5 nitrogen and oxygen atoms in total. The van der Waals surface area contributed by atoms with Gasteiger partial charge in [0.1, 0.15) is 0 Å². The van der Waals surface area contributed by atoms with Crippen LogP contribution >= 0.6 is 0 Å². The molecule has 5 heterocycles. The Bertz CT molecular complexity index is 1810. The number of unbranched alkanes of at least 4 members (excludes halogenated alkanes) is 1. The lowest BCUT2D eigenvalue weighted by atomic mass is 10.0. The predicted octanol–water partition coefficient (Wildman–Crippen LogP) is 9.20. The maximum absolute atomic E-state index is 5.19. The fourth-order valence-corrected chi connectivity index (χ4v) is 5.53. The first-order valence-corrected chi connectivity index (χ1v) is 14.2. The van der Waals surface area contributed by atoms with E-state index in [2.05, 4.69) is 125 Å². The first-order valence-electron chi connectivity index (χ1n) is 14.2. The summed E-state index contributed by atoms with van der Waals surface area (Å²) < 4.78 is 0. The smallest absolute Gasteiger partial charge is 0.0891 e. The number of rotatable bonds is 6. The number of H-pyrrole nitrogens is 2. The monoisotopic (exact) mass is 533 g/mol. The highest BCUT2D eigenvalue weighted by Crippen LogP contribution is 2.35. The molecule has 0 atom stereocenters. The Morgan fingerprint density at radius 2 is 1.07 bits per heavy atom. The van der Waals surface area contributed by atoms with Crippen molar-refractivity contribution in [2.45, 2.75) is 19.8 Å². The van der Waals surface area contributed by atoms with Crippen LogP contribution in [0.25, 0.3) is 68.6 Å². The summed E-state index contributed by atoms with van der Waals surface area (Å²) in [6.07, 6.45) is 10.6. The normalized spacial score (nSPS) is 12.1. The molecule has 0 amide bonds. The molecule has 0 radical (unpaired) electrons. The molecule has 0 saturated carbocycles. The summed E-state index contributed by atoms with van der Waals surface area (Å²) in [5, 5.41) is 3.68. The van der Waals surface area contributed by atoms with E-state index in [9.17, 15) is 0 Å². The summed E-state index contributed by atoms with van der Waals surface area (Å²) in [7, 11) is 0. The molecule has 3 aromatic heterocycles. The lowest BCUT2D eigenvalue weighted by Gasteiger charge is -2.08. The minimum atomic E-state index is 0.858. The quantitative estimate of drug-likeness (QED) is 0.187. The number of fused-ring (bicyclic) bond motifs is 8. The van der Waals surface area contributed by atoms with Crippen molar-refractivity contribution in [2.75, 3.05) is 11.9 Å². The summed E-state index contributed by atoms with van der Waals surface area (Å²) in [6, 6.07) is 31.6.